The topological polar surface area (TPSA) is 46.9 Å². The minimum Gasteiger partial charge on any atom is -0.325 e. The number of carbonyl (C=O) groups is 1. The highest BCUT2D eigenvalue weighted by molar-refractivity contribution is 7.99. The summed E-state index contributed by atoms with van der Waals surface area (Å²) in [6.07, 6.45) is 3.68. The Hall–Kier alpha value is -2.53. The van der Waals surface area contributed by atoms with Gasteiger partial charge in [-0.3, -0.25) is 4.79 Å². The highest BCUT2D eigenvalue weighted by atomic mass is 32.2. The third-order valence-corrected chi connectivity index (χ3v) is 5.09. The molecule has 0 unspecified atom stereocenters. The van der Waals surface area contributed by atoms with Gasteiger partial charge in [0, 0.05) is 23.8 Å². The number of aromatic nitrogens is 2. The first-order chi connectivity index (χ1) is 12.1. The van der Waals surface area contributed by atoms with Crippen molar-refractivity contribution in [3.05, 3.63) is 77.6 Å². The molecule has 0 saturated carbocycles. The molecule has 0 atom stereocenters. The maximum atomic E-state index is 12.1. The van der Waals surface area contributed by atoms with Gasteiger partial charge in [0.1, 0.15) is 0 Å². The van der Waals surface area contributed by atoms with Gasteiger partial charge in [0.25, 0.3) is 0 Å². The van der Waals surface area contributed by atoms with Crippen molar-refractivity contribution in [2.45, 2.75) is 19.6 Å². The number of rotatable bonds is 6. The summed E-state index contributed by atoms with van der Waals surface area (Å²) in [6.45, 7) is 4.08. The molecule has 2 aromatic carbocycles. The highest BCUT2D eigenvalue weighted by Crippen LogP contribution is 2.19. The van der Waals surface area contributed by atoms with Crippen molar-refractivity contribution in [3.8, 4) is 5.69 Å². The third kappa shape index (κ3) is 4.51. The lowest BCUT2D eigenvalue weighted by Crippen LogP contribution is -2.15. The summed E-state index contributed by atoms with van der Waals surface area (Å²) in [5, 5.41) is 7.21. The Morgan fingerprint density at radius 2 is 1.92 bits per heavy atom. The fraction of sp³-hybridized carbons (Fsp3) is 0.200. The smallest absolute Gasteiger partial charge is 0.234 e. The van der Waals surface area contributed by atoms with Crippen molar-refractivity contribution in [1.82, 2.24) is 9.78 Å². The molecule has 0 aliphatic rings. The Balaban J connectivity index is 1.49. The summed E-state index contributed by atoms with van der Waals surface area (Å²) in [5.41, 5.74) is 5.43. The van der Waals surface area contributed by atoms with Crippen molar-refractivity contribution in [2.24, 2.45) is 0 Å². The zero-order chi connectivity index (χ0) is 17.6. The summed E-state index contributed by atoms with van der Waals surface area (Å²) in [6, 6.07) is 16.1. The molecule has 3 aromatic rings. The maximum Gasteiger partial charge on any atom is 0.234 e. The van der Waals surface area contributed by atoms with Crippen LogP contribution in [-0.4, -0.2) is 21.4 Å². The summed E-state index contributed by atoms with van der Waals surface area (Å²) >= 11 is 1.61. The van der Waals surface area contributed by atoms with E-state index >= 15 is 0 Å². The number of hydrogen-bond donors (Lipinski definition) is 1. The van der Waals surface area contributed by atoms with Crippen LogP contribution in [0, 0.1) is 13.8 Å². The molecule has 128 valence electrons. The lowest BCUT2D eigenvalue weighted by Gasteiger charge is -2.10. The Bertz CT molecular complexity index is 842. The number of amides is 1. The van der Waals surface area contributed by atoms with Gasteiger partial charge in [-0.25, -0.2) is 4.68 Å². The van der Waals surface area contributed by atoms with E-state index < -0.39 is 0 Å². The Morgan fingerprint density at radius 3 is 2.64 bits per heavy atom. The maximum absolute atomic E-state index is 12.1. The average Bonchev–Trinajstić information content (AvgIpc) is 3.14. The molecule has 4 nitrogen and oxygen atoms in total. The molecule has 0 saturated heterocycles. The minimum absolute atomic E-state index is 0.0341. The van der Waals surface area contributed by atoms with Crippen LogP contribution in [0.15, 0.2) is 60.9 Å². The number of aryl methyl sites for hydroxylation is 1. The number of carbonyl (C=O) groups excluding carboxylic acids is 1. The van der Waals surface area contributed by atoms with E-state index in [-0.39, 0.29) is 5.91 Å². The summed E-state index contributed by atoms with van der Waals surface area (Å²) < 4.78 is 1.83. The second-order valence-electron chi connectivity index (χ2n) is 5.91. The van der Waals surface area contributed by atoms with Gasteiger partial charge >= 0.3 is 0 Å². The number of anilines is 1. The first kappa shape index (κ1) is 17.3. The molecule has 25 heavy (non-hydrogen) atoms. The first-order valence-corrected chi connectivity index (χ1v) is 9.32. The number of thioether (sulfide) groups is 1. The zero-order valence-electron chi connectivity index (χ0n) is 14.4. The summed E-state index contributed by atoms with van der Waals surface area (Å²) in [4.78, 5) is 12.1. The Kier molecular flexibility index (Phi) is 5.56. The predicted molar refractivity (Wildman–Crippen MR) is 104 cm³/mol. The number of nitrogens with one attached hydrogen (secondary N) is 1. The molecule has 5 heteroatoms. The van der Waals surface area contributed by atoms with Crippen LogP contribution >= 0.6 is 11.8 Å². The summed E-state index contributed by atoms with van der Waals surface area (Å²) in [7, 11) is 0. The normalized spacial score (nSPS) is 10.6. The van der Waals surface area contributed by atoms with Crippen molar-refractivity contribution >= 4 is 23.4 Å². The van der Waals surface area contributed by atoms with Gasteiger partial charge in [-0.05, 0) is 54.8 Å². The molecular weight excluding hydrogens is 330 g/mol. The number of nitrogens with zero attached hydrogens (tertiary/aromatic N) is 2. The molecule has 1 amide bonds. The van der Waals surface area contributed by atoms with Gasteiger partial charge in [-0.1, -0.05) is 24.3 Å². The monoisotopic (exact) mass is 351 g/mol. The number of benzene rings is 2. The van der Waals surface area contributed by atoms with Gasteiger partial charge in [0.2, 0.25) is 5.91 Å². The van der Waals surface area contributed by atoms with Crippen LogP contribution < -0.4 is 5.32 Å². The van der Waals surface area contributed by atoms with E-state index in [9.17, 15) is 4.79 Å². The van der Waals surface area contributed by atoms with Crippen LogP contribution in [0.2, 0.25) is 0 Å². The molecule has 1 heterocycles. The van der Waals surface area contributed by atoms with Crippen LogP contribution in [0.1, 0.15) is 16.7 Å². The lowest BCUT2D eigenvalue weighted by molar-refractivity contribution is -0.113. The fourth-order valence-corrected chi connectivity index (χ4v) is 3.29. The van der Waals surface area contributed by atoms with Crippen LogP contribution in [-0.2, 0) is 10.5 Å². The van der Waals surface area contributed by atoms with E-state index in [0.717, 1.165) is 22.7 Å². The van der Waals surface area contributed by atoms with Gasteiger partial charge in [-0.15, -0.1) is 11.8 Å². The van der Waals surface area contributed by atoms with E-state index in [4.69, 9.17) is 0 Å². The van der Waals surface area contributed by atoms with Gasteiger partial charge in [0.05, 0.1) is 11.4 Å². The Morgan fingerprint density at radius 1 is 1.12 bits per heavy atom. The standard InChI is InChI=1S/C20H21N3OS/c1-15-5-3-6-19(16(15)2)22-20(24)14-25-13-17-7-9-18(10-8-17)23-12-4-11-21-23/h3-12H,13-14H2,1-2H3,(H,22,24). The van der Waals surface area contributed by atoms with E-state index in [1.165, 1.54) is 11.1 Å². The third-order valence-electron chi connectivity index (χ3n) is 4.09. The van der Waals surface area contributed by atoms with Gasteiger partial charge in [0.15, 0.2) is 0 Å². The van der Waals surface area contributed by atoms with Gasteiger partial charge < -0.3 is 5.32 Å². The lowest BCUT2D eigenvalue weighted by atomic mass is 10.1. The minimum atomic E-state index is 0.0341. The molecule has 0 spiro atoms. The Labute approximate surface area is 152 Å². The fourth-order valence-electron chi connectivity index (χ4n) is 2.50. The SMILES string of the molecule is Cc1cccc(NC(=O)CSCc2ccc(-n3cccn3)cc2)c1C. The largest absolute Gasteiger partial charge is 0.325 e. The van der Waals surface area contributed by atoms with Crippen LogP contribution in [0.5, 0.6) is 0 Å². The first-order valence-electron chi connectivity index (χ1n) is 8.16. The molecular formula is C20H21N3OS. The van der Waals surface area contributed by atoms with Crippen molar-refractivity contribution < 1.29 is 4.79 Å². The summed E-state index contributed by atoms with van der Waals surface area (Å²) in [5.74, 6) is 1.28. The van der Waals surface area contributed by atoms with Crippen LogP contribution in [0.3, 0.4) is 0 Å². The van der Waals surface area contributed by atoms with E-state index in [1.807, 2.05) is 61.1 Å². The van der Waals surface area contributed by atoms with Crippen molar-refractivity contribution in [1.29, 1.82) is 0 Å². The average molecular weight is 351 g/mol. The molecule has 0 fully saturated rings. The van der Waals surface area contributed by atoms with E-state index in [0.29, 0.717) is 5.75 Å². The highest BCUT2D eigenvalue weighted by Gasteiger charge is 2.06. The molecule has 1 aromatic heterocycles. The van der Waals surface area contributed by atoms with Crippen molar-refractivity contribution in [3.63, 3.8) is 0 Å². The zero-order valence-corrected chi connectivity index (χ0v) is 15.2. The van der Waals surface area contributed by atoms with Crippen LogP contribution in [0.25, 0.3) is 5.69 Å². The molecule has 0 aliphatic heterocycles. The molecule has 0 bridgehead atoms. The molecule has 0 radical (unpaired) electrons. The molecule has 1 N–H and O–H groups in total. The van der Waals surface area contributed by atoms with E-state index in [1.54, 1.807) is 18.0 Å². The molecule has 0 aliphatic carbocycles. The number of hydrogen-bond acceptors (Lipinski definition) is 3. The van der Waals surface area contributed by atoms with Crippen molar-refractivity contribution in [2.75, 3.05) is 11.1 Å². The van der Waals surface area contributed by atoms with Crippen LogP contribution in [0.4, 0.5) is 5.69 Å². The predicted octanol–water partition coefficient (Wildman–Crippen LogP) is 4.36. The van der Waals surface area contributed by atoms with E-state index in [2.05, 4.69) is 22.5 Å². The van der Waals surface area contributed by atoms with Gasteiger partial charge in [-0.2, -0.15) is 5.10 Å². The quantitative estimate of drug-likeness (QED) is 0.718. The second-order valence-corrected chi connectivity index (χ2v) is 6.89. The second kappa shape index (κ2) is 8.03. The molecule has 3 rings (SSSR count).